The van der Waals surface area contributed by atoms with Crippen molar-refractivity contribution >= 4 is 6.08 Å². The number of carbonyl (C=O) groups excluding carboxylic acids is 1. The van der Waals surface area contributed by atoms with E-state index in [1.54, 1.807) is 24.3 Å². The third-order valence-corrected chi connectivity index (χ3v) is 2.00. The van der Waals surface area contributed by atoms with Gasteiger partial charge in [-0.25, -0.2) is 9.18 Å². The number of nitrogens with zero attached hydrogens (tertiary/aromatic N) is 1. The Morgan fingerprint density at radius 3 is 2.62 bits per heavy atom. The zero-order chi connectivity index (χ0) is 12.2. The van der Waals surface area contributed by atoms with E-state index in [0.29, 0.717) is 5.75 Å². The van der Waals surface area contributed by atoms with Gasteiger partial charge < -0.3 is 4.74 Å². The Balaban J connectivity index is 3.17. The summed E-state index contributed by atoms with van der Waals surface area (Å²) < 4.78 is 19.5. The van der Waals surface area contributed by atoms with Crippen molar-refractivity contribution in [1.82, 2.24) is 0 Å². The van der Waals surface area contributed by atoms with Crippen LogP contribution in [-0.4, -0.2) is 12.2 Å². The van der Waals surface area contributed by atoms with Crippen LogP contribution in [0.5, 0.6) is 5.75 Å². The van der Waals surface area contributed by atoms with Crippen LogP contribution in [0.4, 0.5) is 4.39 Å². The van der Waals surface area contributed by atoms with E-state index in [-0.39, 0.29) is 11.7 Å². The van der Waals surface area contributed by atoms with Crippen LogP contribution in [0.2, 0.25) is 0 Å². The van der Waals surface area contributed by atoms with Gasteiger partial charge in [0.05, 0.1) is 11.7 Å². The smallest absolute Gasteiger partial charge is 0.238 e. The van der Waals surface area contributed by atoms with Crippen molar-refractivity contribution in [1.29, 1.82) is 0 Å². The normalized spacial score (nSPS) is 14.1. The molecule has 0 aliphatic heterocycles. The van der Waals surface area contributed by atoms with Gasteiger partial charge in [-0.2, -0.15) is 4.99 Å². The highest BCUT2D eigenvalue weighted by molar-refractivity contribution is 5.42. The molecule has 4 heteroatoms. The molecule has 1 aromatic carbocycles. The Bertz CT molecular complexity index is 409. The predicted octanol–water partition coefficient (Wildman–Crippen LogP) is 2.95. The van der Waals surface area contributed by atoms with E-state index in [1.807, 2.05) is 13.8 Å². The fourth-order valence-corrected chi connectivity index (χ4v) is 1.35. The number of benzene rings is 1. The third-order valence-electron chi connectivity index (χ3n) is 2.00. The SMILES string of the molecule is CC(C)Oc1ccccc1C(C)(F)N=C=O. The van der Waals surface area contributed by atoms with Gasteiger partial charge in [0.1, 0.15) is 5.75 Å². The van der Waals surface area contributed by atoms with Gasteiger partial charge in [-0.15, -0.1) is 0 Å². The molecular weight excluding hydrogens is 209 g/mol. The van der Waals surface area contributed by atoms with Gasteiger partial charge in [0, 0.05) is 0 Å². The number of alkyl halides is 1. The quantitative estimate of drug-likeness (QED) is 0.447. The molecule has 0 spiro atoms. The van der Waals surface area contributed by atoms with Crippen LogP contribution in [0.25, 0.3) is 0 Å². The van der Waals surface area contributed by atoms with E-state index < -0.39 is 5.79 Å². The Hall–Kier alpha value is -1.67. The van der Waals surface area contributed by atoms with Crippen LogP contribution in [0.1, 0.15) is 26.3 Å². The summed E-state index contributed by atoms with van der Waals surface area (Å²) in [6, 6.07) is 6.59. The Labute approximate surface area is 94.0 Å². The predicted molar refractivity (Wildman–Crippen MR) is 58.8 cm³/mol. The topological polar surface area (TPSA) is 38.7 Å². The zero-order valence-corrected chi connectivity index (χ0v) is 9.53. The molecule has 0 aliphatic rings. The summed E-state index contributed by atoms with van der Waals surface area (Å²) in [5.41, 5.74) is 0.229. The first-order valence-corrected chi connectivity index (χ1v) is 5.01. The van der Waals surface area contributed by atoms with Crippen LogP contribution >= 0.6 is 0 Å². The molecule has 1 rings (SSSR count). The minimum atomic E-state index is -2.10. The number of ether oxygens (including phenoxy) is 1. The molecule has 86 valence electrons. The van der Waals surface area contributed by atoms with Crippen LogP contribution in [0, 0.1) is 0 Å². The maximum atomic E-state index is 14.0. The molecule has 1 unspecified atom stereocenters. The number of isocyanates is 1. The van der Waals surface area contributed by atoms with Gasteiger partial charge in [-0.3, -0.25) is 0 Å². The highest BCUT2D eigenvalue weighted by Crippen LogP contribution is 2.34. The van der Waals surface area contributed by atoms with Crippen molar-refractivity contribution in [2.24, 2.45) is 4.99 Å². The molecule has 0 heterocycles. The minimum Gasteiger partial charge on any atom is -0.491 e. The van der Waals surface area contributed by atoms with Crippen molar-refractivity contribution in [3.8, 4) is 5.75 Å². The molecule has 0 bridgehead atoms. The van der Waals surface area contributed by atoms with Gasteiger partial charge in [-0.05, 0) is 26.8 Å². The minimum absolute atomic E-state index is 0.0721. The van der Waals surface area contributed by atoms with E-state index in [2.05, 4.69) is 4.99 Å². The lowest BCUT2D eigenvalue weighted by molar-refractivity contribution is 0.183. The third kappa shape index (κ3) is 2.91. The van der Waals surface area contributed by atoms with Gasteiger partial charge in [0.15, 0.2) is 0 Å². The Kier molecular flexibility index (Phi) is 3.80. The van der Waals surface area contributed by atoms with Crippen LogP contribution in [0.3, 0.4) is 0 Å². The molecule has 0 aromatic heterocycles. The summed E-state index contributed by atoms with van der Waals surface area (Å²) in [5.74, 6) is -1.71. The summed E-state index contributed by atoms with van der Waals surface area (Å²) in [4.78, 5) is 13.3. The summed E-state index contributed by atoms with van der Waals surface area (Å²) in [6.45, 7) is 4.88. The molecule has 0 saturated carbocycles. The highest BCUT2D eigenvalue weighted by Gasteiger charge is 2.28. The summed E-state index contributed by atoms with van der Waals surface area (Å²) in [5, 5.41) is 0. The molecule has 3 nitrogen and oxygen atoms in total. The summed E-state index contributed by atoms with van der Waals surface area (Å²) >= 11 is 0. The van der Waals surface area contributed by atoms with Crippen LogP contribution < -0.4 is 4.74 Å². The fraction of sp³-hybridized carbons (Fsp3) is 0.417. The van der Waals surface area contributed by atoms with Gasteiger partial charge in [0.25, 0.3) is 0 Å². The number of hydrogen-bond acceptors (Lipinski definition) is 3. The van der Waals surface area contributed by atoms with E-state index in [0.717, 1.165) is 0 Å². The first-order chi connectivity index (χ1) is 7.47. The molecule has 0 radical (unpaired) electrons. The van der Waals surface area contributed by atoms with Crippen molar-refractivity contribution in [2.75, 3.05) is 0 Å². The second kappa shape index (κ2) is 4.90. The second-order valence-electron chi connectivity index (χ2n) is 3.82. The Morgan fingerprint density at radius 2 is 2.06 bits per heavy atom. The van der Waals surface area contributed by atoms with Gasteiger partial charge >= 0.3 is 0 Å². The lowest BCUT2D eigenvalue weighted by Gasteiger charge is -2.19. The summed E-state index contributed by atoms with van der Waals surface area (Å²) in [7, 11) is 0. The zero-order valence-electron chi connectivity index (χ0n) is 9.53. The molecule has 16 heavy (non-hydrogen) atoms. The second-order valence-corrected chi connectivity index (χ2v) is 3.82. The molecule has 0 N–H and O–H groups in total. The molecule has 1 aromatic rings. The van der Waals surface area contributed by atoms with Crippen molar-refractivity contribution < 1.29 is 13.9 Å². The van der Waals surface area contributed by atoms with E-state index in [9.17, 15) is 9.18 Å². The highest BCUT2D eigenvalue weighted by atomic mass is 19.1. The fourth-order valence-electron chi connectivity index (χ4n) is 1.35. The Morgan fingerprint density at radius 1 is 1.44 bits per heavy atom. The molecular formula is C12H14FNO2. The van der Waals surface area contributed by atoms with Gasteiger partial charge in [0.2, 0.25) is 11.9 Å². The standard InChI is InChI=1S/C12H14FNO2/c1-9(2)16-11-7-5-4-6-10(11)12(3,13)14-8-15/h4-7,9H,1-3H3. The maximum Gasteiger partial charge on any atom is 0.238 e. The first-order valence-electron chi connectivity index (χ1n) is 5.01. The molecule has 0 saturated heterocycles. The average molecular weight is 223 g/mol. The lowest BCUT2D eigenvalue weighted by atomic mass is 10.1. The number of aliphatic imine (C=N–C) groups is 1. The lowest BCUT2D eigenvalue weighted by Crippen LogP contribution is -2.16. The number of hydrogen-bond donors (Lipinski definition) is 0. The number of halogens is 1. The van der Waals surface area contributed by atoms with Crippen molar-refractivity contribution in [3.63, 3.8) is 0 Å². The largest absolute Gasteiger partial charge is 0.491 e. The average Bonchev–Trinajstić information content (AvgIpc) is 2.17. The van der Waals surface area contributed by atoms with E-state index in [1.165, 1.54) is 13.0 Å². The molecule has 1 atom stereocenters. The van der Waals surface area contributed by atoms with Crippen molar-refractivity contribution in [2.45, 2.75) is 32.7 Å². The molecule has 0 amide bonds. The summed E-state index contributed by atoms with van der Waals surface area (Å²) in [6.07, 6.45) is 1.16. The monoisotopic (exact) mass is 223 g/mol. The van der Waals surface area contributed by atoms with Crippen molar-refractivity contribution in [3.05, 3.63) is 29.8 Å². The molecule has 0 aliphatic carbocycles. The maximum absolute atomic E-state index is 14.0. The van der Waals surface area contributed by atoms with Crippen LogP contribution in [-0.2, 0) is 10.6 Å². The van der Waals surface area contributed by atoms with Gasteiger partial charge in [-0.1, -0.05) is 18.2 Å². The first kappa shape index (κ1) is 12.4. The van der Waals surface area contributed by atoms with E-state index in [4.69, 9.17) is 4.74 Å². The number of rotatable bonds is 4. The van der Waals surface area contributed by atoms with Crippen LogP contribution in [0.15, 0.2) is 29.3 Å². The number of para-hydroxylation sites is 1. The van der Waals surface area contributed by atoms with E-state index >= 15 is 0 Å². The molecule has 0 fully saturated rings.